The second-order valence-corrected chi connectivity index (χ2v) is 11.5. The fourth-order valence-corrected chi connectivity index (χ4v) is 6.06. The standard InChI is InChI=1S/C26H30ClN3O3S/c1-18(20-10-4-3-5-11-20)30-15-14-25(29-30)28-26(31)22(16-19-8-6-7-9-19)21-12-13-24(23(27)17-21)34(2,32)33/h3-5,10-15,17-19,22H,6-9,16H2,1-2H3,(H,28,29,31)/t18?,22-/m1/s1. The molecule has 1 aliphatic rings. The molecule has 0 aliphatic heterocycles. The van der Waals surface area contributed by atoms with Crippen molar-refractivity contribution in [1.82, 2.24) is 9.78 Å². The van der Waals surface area contributed by atoms with Crippen molar-refractivity contribution in [2.24, 2.45) is 5.92 Å². The Bertz CT molecular complexity index is 1250. The Morgan fingerprint density at radius 3 is 2.47 bits per heavy atom. The lowest BCUT2D eigenvalue weighted by molar-refractivity contribution is -0.118. The summed E-state index contributed by atoms with van der Waals surface area (Å²) in [6, 6.07) is 16.7. The summed E-state index contributed by atoms with van der Waals surface area (Å²) >= 11 is 6.31. The minimum Gasteiger partial charge on any atom is -0.309 e. The van der Waals surface area contributed by atoms with Crippen LogP contribution in [-0.2, 0) is 14.6 Å². The number of amides is 1. The fraction of sp³-hybridized carbons (Fsp3) is 0.385. The van der Waals surface area contributed by atoms with E-state index < -0.39 is 15.8 Å². The highest BCUT2D eigenvalue weighted by atomic mass is 35.5. The first-order chi connectivity index (χ1) is 16.2. The number of hydrogen-bond acceptors (Lipinski definition) is 4. The third kappa shape index (κ3) is 5.70. The second-order valence-electron chi connectivity index (χ2n) is 9.16. The summed E-state index contributed by atoms with van der Waals surface area (Å²) in [5.74, 6) is 0.349. The maximum atomic E-state index is 13.4. The molecule has 2 aromatic carbocycles. The molecular weight excluding hydrogens is 470 g/mol. The van der Waals surface area contributed by atoms with Crippen LogP contribution >= 0.6 is 11.6 Å². The van der Waals surface area contributed by atoms with Crippen LogP contribution in [0.25, 0.3) is 0 Å². The Morgan fingerprint density at radius 2 is 1.82 bits per heavy atom. The zero-order valence-electron chi connectivity index (χ0n) is 19.4. The van der Waals surface area contributed by atoms with Gasteiger partial charge in [-0.2, -0.15) is 5.10 Å². The van der Waals surface area contributed by atoms with Crippen molar-refractivity contribution in [3.05, 3.63) is 76.9 Å². The molecule has 0 spiro atoms. The van der Waals surface area contributed by atoms with E-state index in [1.54, 1.807) is 18.2 Å². The van der Waals surface area contributed by atoms with E-state index in [0.717, 1.165) is 30.2 Å². The van der Waals surface area contributed by atoms with E-state index >= 15 is 0 Å². The molecule has 34 heavy (non-hydrogen) atoms. The summed E-state index contributed by atoms with van der Waals surface area (Å²) in [6.07, 6.45) is 8.23. The van der Waals surface area contributed by atoms with E-state index in [9.17, 15) is 13.2 Å². The molecule has 1 aromatic heterocycles. The van der Waals surface area contributed by atoms with Gasteiger partial charge in [0, 0.05) is 18.5 Å². The lowest BCUT2D eigenvalue weighted by atomic mass is 9.87. The van der Waals surface area contributed by atoms with E-state index in [1.165, 1.54) is 18.9 Å². The largest absolute Gasteiger partial charge is 0.309 e. The van der Waals surface area contributed by atoms with Gasteiger partial charge in [-0.1, -0.05) is 73.7 Å². The Labute approximate surface area is 206 Å². The predicted octanol–water partition coefficient (Wildman–Crippen LogP) is 5.85. The number of rotatable bonds is 8. The number of benzene rings is 2. The fourth-order valence-electron chi connectivity index (χ4n) is 4.73. The maximum absolute atomic E-state index is 13.4. The third-order valence-corrected chi connectivity index (χ3v) is 8.24. The van der Waals surface area contributed by atoms with Gasteiger partial charge < -0.3 is 5.32 Å². The minimum atomic E-state index is -3.44. The smallest absolute Gasteiger partial charge is 0.233 e. The van der Waals surface area contributed by atoms with Crippen LogP contribution in [0, 0.1) is 5.92 Å². The van der Waals surface area contributed by atoms with Crippen LogP contribution < -0.4 is 5.32 Å². The molecule has 4 rings (SSSR count). The maximum Gasteiger partial charge on any atom is 0.233 e. The van der Waals surface area contributed by atoms with Crippen LogP contribution in [0.1, 0.15) is 62.1 Å². The van der Waals surface area contributed by atoms with Crippen molar-refractivity contribution < 1.29 is 13.2 Å². The highest BCUT2D eigenvalue weighted by Crippen LogP contribution is 2.36. The molecule has 6 nitrogen and oxygen atoms in total. The first kappa shape index (κ1) is 24.5. The Balaban J connectivity index is 1.56. The van der Waals surface area contributed by atoms with Crippen LogP contribution in [0.2, 0.25) is 5.02 Å². The van der Waals surface area contributed by atoms with Crippen molar-refractivity contribution in [2.75, 3.05) is 11.6 Å². The number of sulfone groups is 1. The minimum absolute atomic E-state index is 0.0310. The quantitative estimate of drug-likeness (QED) is 0.421. The summed E-state index contributed by atoms with van der Waals surface area (Å²) < 4.78 is 25.8. The third-order valence-electron chi connectivity index (χ3n) is 6.66. The number of aromatic nitrogens is 2. The van der Waals surface area contributed by atoms with Crippen LogP contribution in [0.15, 0.2) is 65.7 Å². The molecule has 2 atom stereocenters. The van der Waals surface area contributed by atoms with Crippen molar-refractivity contribution in [2.45, 2.75) is 55.9 Å². The van der Waals surface area contributed by atoms with Gasteiger partial charge in [0.25, 0.3) is 0 Å². The number of anilines is 1. The van der Waals surface area contributed by atoms with E-state index in [-0.39, 0.29) is 21.9 Å². The van der Waals surface area contributed by atoms with Crippen LogP contribution in [0.3, 0.4) is 0 Å². The molecule has 180 valence electrons. The number of carbonyl (C=O) groups excluding carboxylic acids is 1. The van der Waals surface area contributed by atoms with Gasteiger partial charge in [-0.05, 0) is 42.5 Å². The molecule has 3 aromatic rings. The van der Waals surface area contributed by atoms with Crippen LogP contribution in [0.5, 0.6) is 0 Å². The van der Waals surface area contributed by atoms with Crippen molar-refractivity contribution in [3.63, 3.8) is 0 Å². The van der Waals surface area contributed by atoms with Gasteiger partial charge >= 0.3 is 0 Å². The topological polar surface area (TPSA) is 81.1 Å². The molecule has 0 bridgehead atoms. The van der Waals surface area contributed by atoms with Gasteiger partial charge in [-0.25, -0.2) is 8.42 Å². The van der Waals surface area contributed by atoms with Gasteiger partial charge in [-0.15, -0.1) is 0 Å². The summed E-state index contributed by atoms with van der Waals surface area (Å²) in [5, 5.41) is 7.69. The van der Waals surface area contributed by atoms with Gasteiger partial charge in [0.1, 0.15) is 0 Å². The van der Waals surface area contributed by atoms with E-state index in [1.807, 2.05) is 41.2 Å². The summed E-state index contributed by atoms with van der Waals surface area (Å²) in [6.45, 7) is 2.06. The van der Waals surface area contributed by atoms with E-state index in [4.69, 9.17) is 11.6 Å². The van der Waals surface area contributed by atoms with Gasteiger partial charge in [-0.3, -0.25) is 9.48 Å². The predicted molar refractivity (Wildman–Crippen MR) is 135 cm³/mol. The lowest BCUT2D eigenvalue weighted by Crippen LogP contribution is -2.23. The van der Waals surface area contributed by atoms with Gasteiger partial charge in [0.2, 0.25) is 5.91 Å². The molecule has 8 heteroatoms. The highest BCUT2D eigenvalue weighted by molar-refractivity contribution is 7.90. The van der Waals surface area contributed by atoms with E-state index in [0.29, 0.717) is 18.2 Å². The molecule has 1 fully saturated rings. The zero-order valence-corrected chi connectivity index (χ0v) is 21.0. The molecule has 1 aliphatic carbocycles. The SMILES string of the molecule is CC(c1ccccc1)n1ccc(NC(=O)[C@H](CC2CCCC2)c2ccc(S(C)(=O)=O)c(Cl)c2)n1. The summed E-state index contributed by atoms with van der Waals surface area (Å²) in [4.78, 5) is 13.5. The first-order valence-electron chi connectivity index (χ1n) is 11.6. The number of nitrogens with zero attached hydrogens (tertiary/aromatic N) is 2. The van der Waals surface area contributed by atoms with Crippen LogP contribution in [0.4, 0.5) is 5.82 Å². The Hall–Kier alpha value is -2.64. The zero-order chi connectivity index (χ0) is 24.3. The molecule has 1 unspecified atom stereocenters. The molecule has 0 saturated heterocycles. The molecule has 1 saturated carbocycles. The van der Waals surface area contributed by atoms with Crippen molar-refractivity contribution in [3.8, 4) is 0 Å². The Kier molecular flexibility index (Phi) is 7.43. The molecular formula is C26H30ClN3O3S. The Morgan fingerprint density at radius 1 is 1.12 bits per heavy atom. The van der Waals surface area contributed by atoms with Crippen LogP contribution in [-0.4, -0.2) is 30.4 Å². The first-order valence-corrected chi connectivity index (χ1v) is 13.9. The number of hydrogen-bond donors (Lipinski definition) is 1. The average molecular weight is 500 g/mol. The second kappa shape index (κ2) is 10.3. The molecule has 1 N–H and O–H groups in total. The van der Waals surface area contributed by atoms with Gasteiger partial charge in [0.15, 0.2) is 15.7 Å². The van der Waals surface area contributed by atoms with Crippen molar-refractivity contribution >= 4 is 33.2 Å². The van der Waals surface area contributed by atoms with Gasteiger partial charge in [0.05, 0.1) is 21.9 Å². The summed E-state index contributed by atoms with van der Waals surface area (Å²) in [7, 11) is -3.44. The number of carbonyl (C=O) groups is 1. The molecule has 0 radical (unpaired) electrons. The highest BCUT2D eigenvalue weighted by Gasteiger charge is 2.28. The monoisotopic (exact) mass is 499 g/mol. The number of halogens is 1. The number of nitrogens with one attached hydrogen (secondary N) is 1. The molecule has 1 heterocycles. The molecule has 1 amide bonds. The average Bonchev–Trinajstić information content (AvgIpc) is 3.49. The normalized spacial score (nSPS) is 16.3. The lowest BCUT2D eigenvalue weighted by Gasteiger charge is -2.21. The van der Waals surface area contributed by atoms with E-state index in [2.05, 4.69) is 17.3 Å². The summed E-state index contributed by atoms with van der Waals surface area (Å²) in [5.41, 5.74) is 1.85. The van der Waals surface area contributed by atoms with Crippen molar-refractivity contribution in [1.29, 1.82) is 0 Å².